The fourth-order valence-electron chi connectivity index (χ4n) is 3.61. The second kappa shape index (κ2) is 5.75. The second-order valence-electron chi connectivity index (χ2n) is 6.55. The number of rotatable bonds is 2. The van der Waals surface area contributed by atoms with Crippen LogP contribution in [0.15, 0.2) is 48.5 Å². The fourth-order valence-corrected chi connectivity index (χ4v) is 5.66. The lowest BCUT2D eigenvalue weighted by molar-refractivity contribution is 0.255. The summed E-state index contributed by atoms with van der Waals surface area (Å²) in [4.78, 5) is 16.3. The van der Waals surface area contributed by atoms with Gasteiger partial charge in [-0.1, -0.05) is 29.3 Å². The molecule has 2 aromatic carbocycles. The third-order valence-electron chi connectivity index (χ3n) is 4.79. The van der Waals surface area contributed by atoms with Crippen LogP contribution < -0.4 is 9.80 Å². The van der Waals surface area contributed by atoms with Crippen LogP contribution in [-0.2, 0) is 9.84 Å². The van der Waals surface area contributed by atoms with Gasteiger partial charge in [-0.05, 0) is 43.3 Å². The molecule has 0 saturated carbocycles. The standard InChI is InChI=1S/C18H17ClN2O3S/c1-12-2-6-14(7-3-12)20-16-10-25(23,24)11-17(16)21(18(20)22)15-8-4-13(19)5-9-15/h2-9,16-17H,10-11H2,1H3/t16-,17-/m1/s1. The summed E-state index contributed by atoms with van der Waals surface area (Å²) in [6.45, 7) is 1.97. The van der Waals surface area contributed by atoms with Crippen molar-refractivity contribution < 1.29 is 13.2 Å². The molecule has 25 heavy (non-hydrogen) atoms. The molecule has 0 spiro atoms. The second-order valence-corrected chi connectivity index (χ2v) is 9.14. The number of benzene rings is 2. The number of anilines is 2. The number of hydrogen-bond acceptors (Lipinski definition) is 3. The Balaban J connectivity index is 1.79. The maximum atomic E-state index is 13.1. The van der Waals surface area contributed by atoms with E-state index in [0.717, 1.165) is 11.3 Å². The molecular weight excluding hydrogens is 360 g/mol. The molecule has 2 aromatic rings. The average Bonchev–Trinajstić information content (AvgIpc) is 2.99. The van der Waals surface area contributed by atoms with Crippen LogP contribution in [0.5, 0.6) is 0 Å². The van der Waals surface area contributed by atoms with E-state index in [1.807, 2.05) is 31.2 Å². The van der Waals surface area contributed by atoms with E-state index in [4.69, 9.17) is 11.6 Å². The van der Waals surface area contributed by atoms with Crippen LogP contribution in [0.25, 0.3) is 0 Å². The van der Waals surface area contributed by atoms with Crippen LogP contribution in [0, 0.1) is 6.92 Å². The first-order valence-corrected chi connectivity index (χ1v) is 10.2. The lowest BCUT2D eigenvalue weighted by atomic mass is 10.1. The van der Waals surface area contributed by atoms with Crippen molar-refractivity contribution in [3.63, 3.8) is 0 Å². The van der Waals surface area contributed by atoms with E-state index >= 15 is 0 Å². The fraction of sp³-hybridized carbons (Fsp3) is 0.278. The lowest BCUT2D eigenvalue weighted by Crippen LogP contribution is -2.37. The van der Waals surface area contributed by atoms with Crippen molar-refractivity contribution >= 4 is 38.8 Å². The monoisotopic (exact) mass is 376 g/mol. The summed E-state index contributed by atoms with van der Waals surface area (Å²) in [6.07, 6.45) is 0. The summed E-state index contributed by atoms with van der Waals surface area (Å²) in [7, 11) is -3.19. The number of nitrogens with zero attached hydrogens (tertiary/aromatic N) is 2. The molecule has 0 aromatic heterocycles. The van der Waals surface area contributed by atoms with Crippen LogP contribution in [0.2, 0.25) is 5.02 Å². The highest BCUT2D eigenvalue weighted by Gasteiger charge is 2.54. The highest BCUT2D eigenvalue weighted by atomic mass is 35.5. The minimum atomic E-state index is -3.19. The number of carbonyl (C=O) groups excluding carboxylic acids is 1. The van der Waals surface area contributed by atoms with Gasteiger partial charge in [0.1, 0.15) is 0 Å². The van der Waals surface area contributed by atoms with Gasteiger partial charge in [-0.3, -0.25) is 9.80 Å². The summed E-state index contributed by atoms with van der Waals surface area (Å²) in [5.74, 6) is -0.0320. The predicted octanol–water partition coefficient (Wildman–Crippen LogP) is 3.26. The first-order chi connectivity index (χ1) is 11.9. The number of hydrogen-bond donors (Lipinski definition) is 0. The molecular formula is C18H17ClN2O3S. The highest BCUT2D eigenvalue weighted by Crippen LogP contribution is 2.38. The van der Waals surface area contributed by atoms with Crippen molar-refractivity contribution in [1.82, 2.24) is 0 Å². The molecule has 4 rings (SSSR count). The molecule has 2 heterocycles. The van der Waals surface area contributed by atoms with E-state index in [9.17, 15) is 13.2 Å². The zero-order chi connectivity index (χ0) is 17.8. The maximum Gasteiger partial charge on any atom is 0.329 e. The number of carbonyl (C=O) groups is 1. The molecule has 2 atom stereocenters. The molecule has 0 aliphatic carbocycles. The summed E-state index contributed by atoms with van der Waals surface area (Å²) in [5, 5.41) is 0.571. The van der Waals surface area contributed by atoms with Crippen molar-refractivity contribution in [1.29, 1.82) is 0 Å². The molecule has 0 N–H and O–H groups in total. The molecule has 0 radical (unpaired) electrons. The van der Waals surface area contributed by atoms with E-state index in [0.29, 0.717) is 10.7 Å². The maximum absolute atomic E-state index is 13.1. The number of sulfone groups is 1. The molecule has 2 aliphatic heterocycles. The molecule has 0 bridgehead atoms. The number of fused-ring (bicyclic) bond motifs is 1. The van der Waals surface area contributed by atoms with Gasteiger partial charge in [0.25, 0.3) is 0 Å². The Kier molecular flexibility index (Phi) is 3.77. The number of urea groups is 1. The lowest BCUT2D eigenvalue weighted by Gasteiger charge is -2.22. The summed E-state index contributed by atoms with van der Waals surface area (Å²) in [5.41, 5.74) is 2.47. The third-order valence-corrected chi connectivity index (χ3v) is 6.74. The van der Waals surface area contributed by atoms with Gasteiger partial charge in [-0.2, -0.15) is 0 Å². The van der Waals surface area contributed by atoms with Crippen LogP contribution >= 0.6 is 11.6 Å². The average molecular weight is 377 g/mol. The van der Waals surface area contributed by atoms with E-state index < -0.39 is 9.84 Å². The Morgan fingerprint density at radius 3 is 1.80 bits per heavy atom. The predicted molar refractivity (Wildman–Crippen MR) is 99.2 cm³/mol. The molecule has 7 heteroatoms. The van der Waals surface area contributed by atoms with E-state index in [1.165, 1.54) is 0 Å². The van der Waals surface area contributed by atoms with Crippen molar-refractivity contribution in [2.24, 2.45) is 0 Å². The van der Waals surface area contributed by atoms with Crippen LogP contribution in [0.3, 0.4) is 0 Å². The zero-order valence-electron chi connectivity index (χ0n) is 13.6. The topological polar surface area (TPSA) is 57.7 Å². The smallest absolute Gasteiger partial charge is 0.288 e. The summed E-state index contributed by atoms with van der Waals surface area (Å²) >= 11 is 5.94. The summed E-state index contributed by atoms with van der Waals surface area (Å²) in [6, 6.07) is 13.5. The Morgan fingerprint density at radius 1 is 0.880 bits per heavy atom. The largest absolute Gasteiger partial charge is 0.329 e. The normalized spacial score (nSPS) is 24.6. The van der Waals surface area contributed by atoms with Crippen molar-refractivity contribution in [2.45, 2.75) is 19.0 Å². The van der Waals surface area contributed by atoms with Gasteiger partial charge in [0.2, 0.25) is 0 Å². The van der Waals surface area contributed by atoms with Gasteiger partial charge in [-0.25, -0.2) is 13.2 Å². The Hall–Kier alpha value is -2.05. The number of halogens is 1. The Bertz CT molecular complexity index is 856. The molecule has 2 saturated heterocycles. The molecule has 2 aliphatic rings. The quantitative estimate of drug-likeness (QED) is 0.756. The number of amides is 2. The van der Waals surface area contributed by atoms with Gasteiger partial charge in [0.05, 0.1) is 23.6 Å². The van der Waals surface area contributed by atoms with Crippen LogP contribution in [0.1, 0.15) is 5.56 Å². The van der Waals surface area contributed by atoms with Crippen molar-refractivity contribution in [3.05, 3.63) is 59.1 Å². The van der Waals surface area contributed by atoms with E-state index in [-0.39, 0.29) is 29.6 Å². The molecule has 0 unspecified atom stereocenters. The summed E-state index contributed by atoms with van der Waals surface area (Å²) < 4.78 is 24.5. The van der Waals surface area contributed by atoms with Crippen molar-refractivity contribution in [2.75, 3.05) is 21.3 Å². The van der Waals surface area contributed by atoms with E-state index in [1.54, 1.807) is 34.1 Å². The SMILES string of the molecule is Cc1ccc(N2C(=O)N(c3ccc(Cl)cc3)[C@@H]3CS(=O)(=O)C[C@H]32)cc1. The molecule has 2 fully saturated rings. The minimum Gasteiger partial charge on any atom is -0.288 e. The van der Waals surface area contributed by atoms with Gasteiger partial charge in [0.15, 0.2) is 9.84 Å². The first kappa shape index (κ1) is 16.4. The van der Waals surface area contributed by atoms with Gasteiger partial charge >= 0.3 is 6.03 Å². The van der Waals surface area contributed by atoms with Gasteiger partial charge in [-0.15, -0.1) is 0 Å². The highest BCUT2D eigenvalue weighted by molar-refractivity contribution is 7.91. The van der Waals surface area contributed by atoms with Gasteiger partial charge in [0, 0.05) is 16.4 Å². The van der Waals surface area contributed by atoms with E-state index in [2.05, 4.69) is 0 Å². The Labute approximate surface area is 151 Å². The molecule has 130 valence electrons. The zero-order valence-corrected chi connectivity index (χ0v) is 15.2. The molecule has 5 nitrogen and oxygen atoms in total. The first-order valence-electron chi connectivity index (χ1n) is 8.01. The van der Waals surface area contributed by atoms with Gasteiger partial charge < -0.3 is 0 Å². The number of aryl methyl sites for hydroxylation is 1. The minimum absolute atomic E-state index is 0.0125. The third kappa shape index (κ3) is 2.79. The molecule has 2 amide bonds. The van der Waals surface area contributed by atoms with Crippen LogP contribution in [-0.4, -0.2) is 38.0 Å². The van der Waals surface area contributed by atoms with Crippen molar-refractivity contribution in [3.8, 4) is 0 Å². The van der Waals surface area contributed by atoms with Crippen LogP contribution in [0.4, 0.5) is 16.2 Å². The Morgan fingerprint density at radius 2 is 1.32 bits per heavy atom.